The summed E-state index contributed by atoms with van der Waals surface area (Å²) in [5.74, 6) is -1.44. The third kappa shape index (κ3) is 5.75. The Bertz CT molecular complexity index is 965. The van der Waals surface area contributed by atoms with E-state index in [9.17, 15) is 19.5 Å². The van der Waals surface area contributed by atoms with Gasteiger partial charge in [0.2, 0.25) is 17.7 Å². The first kappa shape index (κ1) is 31.7. The van der Waals surface area contributed by atoms with Crippen molar-refractivity contribution in [2.45, 2.75) is 121 Å². The number of likely N-dealkylation sites (tertiary alicyclic amines) is 1. The van der Waals surface area contributed by atoms with Crippen LogP contribution in [0.3, 0.4) is 0 Å². The maximum Gasteiger partial charge on any atom is 0.248 e. The van der Waals surface area contributed by atoms with E-state index < -0.39 is 29.1 Å². The molecule has 4 fully saturated rings. The van der Waals surface area contributed by atoms with Crippen LogP contribution in [-0.4, -0.2) is 93.6 Å². The number of nitrogens with zero attached hydrogens (tertiary/aromatic N) is 3. The Balaban J connectivity index is 1.73. The molecule has 0 aromatic heterocycles. The van der Waals surface area contributed by atoms with Crippen molar-refractivity contribution in [2.75, 3.05) is 32.8 Å². The summed E-state index contributed by atoms with van der Waals surface area (Å²) in [6, 6.07) is -0.597. The smallest absolute Gasteiger partial charge is 0.248 e. The Hall–Kier alpha value is -2.19. The molecule has 230 valence electrons. The molecule has 3 aliphatic heterocycles. The van der Waals surface area contributed by atoms with Crippen LogP contribution in [0.25, 0.3) is 0 Å². The molecule has 3 heterocycles. The fourth-order valence-corrected chi connectivity index (χ4v) is 8.38. The minimum Gasteiger partial charge on any atom is -0.396 e. The van der Waals surface area contributed by atoms with Gasteiger partial charge in [-0.15, -0.1) is 13.2 Å². The van der Waals surface area contributed by atoms with Crippen LogP contribution in [0.1, 0.15) is 97.3 Å². The van der Waals surface area contributed by atoms with Crippen LogP contribution in [0, 0.1) is 11.8 Å². The van der Waals surface area contributed by atoms with E-state index in [4.69, 9.17) is 4.74 Å². The molecule has 0 radical (unpaired) electrons. The largest absolute Gasteiger partial charge is 0.396 e. The van der Waals surface area contributed by atoms with Gasteiger partial charge in [-0.2, -0.15) is 0 Å². The Morgan fingerprint density at radius 2 is 1.73 bits per heavy atom. The van der Waals surface area contributed by atoms with E-state index in [-0.39, 0.29) is 30.4 Å². The average molecular weight is 572 g/mol. The topological polar surface area (TPSA) is 90.4 Å². The van der Waals surface area contributed by atoms with Crippen LogP contribution in [0.4, 0.5) is 0 Å². The van der Waals surface area contributed by atoms with Crippen molar-refractivity contribution in [1.29, 1.82) is 0 Å². The van der Waals surface area contributed by atoms with E-state index in [0.717, 1.165) is 57.8 Å². The van der Waals surface area contributed by atoms with Gasteiger partial charge in [0.05, 0.1) is 17.4 Å². The highest BCUT2D eigenvalue weighted by Crippen LogP contribution is 2.64. The van der Waals surface area contributed by atoms with Crippen LogP contribution in [0.15, 0.2) is 25.3 Å². The lowest BCUT2D eigenvalue weighted by atomic mass is 9.64. The van der Waals surface area contributed by atoms with E-state index >= 15 is 0 Å². The molecule has 3 saturated heterocycles. The number of hydrogen-bond acceptors (Lipinski definition) is 5. The number of carbonyl (C=O) groups is 3. The fraction of sp³-hybridized carbons (Fsp3) is 0.788. The highest BCUT2D eigenvalue weighted by molar-refractivity contribution is 5.99. The normalized spacial score (nSPS) is 30.9. The minimum atomic E-state index is -0.990. The maximum absolute atomic E-state index is 14.7. The number of ether oxygens (including phenoxy) is 1. The summed E-state index contributed by atoms with van der Waals surface area (Å²) in [5, 5.41) is 9.22. The number of unbranched alkanes of at least 4 members (excludes halogenated alkanes) is 3. The van der Waals surface area contributed by atoms with Crippen LogP contribution >= 0.6 is 0 Å². The van der Waals surface area contributed by atoms with Crippen molar-refractivity contribution in [3.05, 3.63) is 25.3 Å². The predicted octanol–water partition coefficient (Wildman–Crippen LogP) is 4.47. The molecule has 0 aromatic rings. The monoisotopic (exact) mass is 571 g/mol. The first-order valence-corrected chi connectivity index (χ1v) is 16.3. The van der Waals surface area contributed by atoms with E-state index in [0.29, 0.717) is 45.4 Å². The van der Waals surface area contributed by atoms with Gasteiger partial charge in [0.1, 0.15) is 11.6 Å². The van der Waals surface area contributed by atoms with Crippen molar-refractivity contribution < 1.29 is 24.2 Å². The van der Waals surface area contributed by atoms with Crippen LogP contribution in [0.2, 0.25) is 0 Å². The summed E-state index contributed by atoms with van der Waals surface area (Å²) < 4.78 is 7.01. The Labute approximate surface area is 247 Å². The van der Waals surface area contributed by atoms with Gasteiger partial charge in [0, 0.05) is 38.8 Å². The number of fused-ring (bicyclic) bond motifs is 1. The van der Waals surface area contributed by atoms with Crippen molar-refractivity contribution in [1.82, 2.24) is 14.7 Å². The molecular formula is C33H53N3O5. The number of carbonyl (C=O) groups excluding carboxylic acids is 3. The minimum absolute atomic E-state index is 0.0419. The van der Waals surface area contributed by atoms with E-state index in [2.05, 4.69) is 13.2 Å². The van der Waals surface area contributed by atoms with Crippen LogP contribution in [-0.2, 0) is 19.1 Å². The number of aliphatic hydroxyl groups excluding tert-OH is 1. The molecule has 1 spiro atoms. The Morgan fingerprint density at radius 3 is 2.37 bits per heavy atom. The second-order valence-electron chi connectivity index (χ2n) is 12.6. The molecule has 8 nitrogen and oxygen atoms in total. The summed E-state index contributed by atoms with van der Waals surface area (Å²) in [6.07, 6.45) is 14.8. The summed E-state index contributed by atoms with van der Waals surface area (Å²) in [7, 11) is 0. The van der Waals surface area contributed by atoms with Crippen molar-refractivity contribution in [3.63, 3.8) is 0 Å². The molecule has 3 amide bonds. The Morgan fingerprint density at radius 1 is 1.02 bits per heavy atom. The summed E-state index contributed by atoms with van der Waals surface area (Å²) in [4.78, 5) is 49.0. The maximum atomic E-state index is 14.7. The van der Waals surface area contributed by atoms with Crippen molar-refractivity contribution in [2.24, 2.45) is 11.8 Å². The zero-order chi connectivity index (χ0) is 29.6. The number of rotatable bonds is 16. The first-order valence-electron chi connectivity index (χ1n) is 16.3. The molecule has 5 atom stereocenters. The third-order valence-electron chi connectivity index (χ3n) is 10.3. The van der Waals surface area contributed by atoms with Gasteiger partial charge >= 0.3 is 0 Å². The van der Waals surface area contributed by atoms with Gasteiger partial charge in [-0.05, 0) is 51.4 Å². The molecule has 1 N–H and O–H groups in total. The first-order chi connectivity index (χ1) is 19.9. The number of amides is 3. The second kappa shape index (κ2) is 13.9. The lowest BCUT2D eigenvalue weighted by Gasteiger charge is -2.41. The van der Waals surface area contributed by atoms with Gasteiger partial charge in [-0.25, -0.2) is 0 Å². The zero-order valence-electron chi connectivity index (χ0n) is 25.5. The molecule has 1 aliphatic carbocycles. The molecule has 8 heteroatoms. The van der Waals surface area contributed by atoms with Gasteiger partial charge in [0.15, 0.2) is 0 Å². The highest BCUT2D eigenvalue weighted by Gasteiger charge is 2.79. The van der Waals surface area contributed by atoms with E-state index in [1.54, 1.807) is 17.1 Å². The predicted molar refractivity (Wildman–Crippen MR) is 160 cm³/mol. The molecule has 4 aliphatic rings. The van der Waals surface area contributed by atoms with E-state index in [1.807, 2.05) is 23.6 Å². The molecule has 2 bridgehead atoms. The average Bonchev–Trinajstić information content (AvgIpc) is 3.59. The summed E-state index contributed by atoms with van der Waals surface area (Å²) >= 11 is 0. The standard InChI is InChI=1S/C33H53N3O5/c1-5-20-34(21-6-2)29(38)26-27-30(39)36(23-14-9-10-15-24-37)28(33(27)19-18-32(26,8-4)41-33)31(40)35(22-7-3)25-16-12-11-13-17-25/h5,7,25-28,37H,1,3,6,8-24H2,2,4H3/t26-,27-,28?,32+,33?/m0/s1. The number of aliphatic hydroxyl groups is 1. The SMILES string of the molecule is C=CCN(CCC)C(=O)[C@@H]1[C@H]2C(=O)N(CCCCCCO)C(C(=O)N(CC=C)C3CCCCC3)C23CC[C@@]1(CC)O3. The summed E-state index contributed by atoms with van der Waals surface area (Å²) in [6.45, 7) is 14.0. The van der Waals surface area contributed by atoms with Crippen molar-refractivity contribution in [3.8, 4) is 0 Å². The highest BCUT2D eigenvalue weighted by atomic mass is 16.5. The summed E-state index contributed by atoms with van der Waals surface area (Å²) in [5.41, 5.74) is -1.72. The number of hydrogen-bond donors (Lipinski definition) is 1. The van der Waals surface area contributed by atoms with Gasteiger partial charge in [0.25, 0.3) is 0 Å². The Kier molecular flexibility index (Phi) is 10.7. The van der Waals surface area contributed by atoms with Gasteiger partial charge in [-0.3, -0.25) is 14.4 Å². The molecule has 41 heavy (non-hydrogen) atoms. The van der Waals surface area contributed by atoms with Crippen LogP contribution < -0.4 is 0 Å². The van der Waals surface area contributed by atoms with E-state index in [1.165, 1.54) is 6.42 Å². The lowest BCUT2D eigenvalue weighted by molar-refractivity contribution is -0.156. The molecular weight excluding hydrogens is 518 g/mol. The zero-order valence-corrected chi connectivity index (χ0v) is 25.5. The molecule has 4 rings (SSSR count). The third-order valence-corrected chi connectivity index (χ3v) is 10.3. The van der Waals surface area contributed by atoms with Gasteiger partial charge < -0.3 is 24.5 Å². The fourth-order valence-electron chi connectivity index (χ4n) is 8.38. The molecule has 0 aromatic carbocycles. The lowest BCUT2D eigenvalue weighted by Crippen LogP contribution is -2.58. The van der Waals surface area contributed by atoms with Gasteiger partial charge in [-0.1, -0.05) is 58.1 Å². The van der Waals surface area contributed by atoms with Crippen molar-refractivity contribution >= 4 is 17.7 Å². The molecule has 2 unspecified atom stereocenters. The van der Waals surface area contributed by atoms with Crippen LogP contribution in [0.5, 0.6) is 0 Å². The molecule has 1 saturated carbocycles. The second-order valence-corrected chi connectivity index (χ2v) is 12.6. The quantitative estimate of drug-likeness (QED) is 0.218.